The molecule has 0 aromatic rings. The second-order valence-electron chi connectivity index (χ2n) is 4.78. The lowest BCUT2D eigenvalue weighted by Gasteiger charge is -2.26. The predicted molar refractivity (Wildman–Crippen MR) is 76.8 cm³/mol. The molecule has 0 spiro atoms. The molecule has 0 saturated carbocycles. The molecule has 0 saturated heterocycles. The summed E-state index contributed by atoms with van der Waals surface area (Å²) in [7, 11) is -1.62. The standard InChI is InChI=1S/C12H29N3O2S/c1-6-10-15(7-2)18(16,17)14(5)11-8-9-13-12(3)4/h12-13H,6-11H2,1-5H3. The highest BCUT2D eigenvalue weighted by Crippen LogP contribution is 2.07. The van der Waals surface area contributed by atoms with Gasteiger partial charge in [0.05, 0.1) is 0 Å². The van der Waals surface area contributed by atoms with E-state index in [9.17, 15) is 8.42 Å². The lowest BCUT2D eigenvalue weighted by molar-refractivity contribution is 0.363. The molecule has 0 aromatic carbocycles. The Morgan fingerprint density at radius 1 is 1.17 bits per heavy atom. The van der Waals surface area contributed by atoms with E-state index >= 15 is 0 Å². The Balaban J connectivity index is 4.24. The second-order valence-corrected chi connectivity index (χ2v) is 6.82. The van der Waals surface area contributed by atoms with Crippen LogP contribution in [0.25, 0.3) is 0 Å². The number of nitrogens with zero attached hydrogens (tertiary/aromatic N) is 2. The van der Waals surface area contributed by atoms with E-state index in [1.807, 2.05) is 13.8 Å². The molecule has 0 aliphatic rings. The summed E-state index contributed by atoms with van der Waals surface area (Å²) in [6, 6.07) is 0.444. The average Bonchev–Trinajstić information content (AvgIpc) is 2.30. The van der Waals surface area contributed by atoms with E-state index in [1.54, 1.807) is 7.05 Å². The van der Waals surface area contributed by atoms with Crippen LogP contribution in [0.5, 0.6) is 0 Å². The van der Waals surface area contributed by atoms with Gasteiger partial charge in [0.15, 0.2) is 0 Å². The lowest BCUT2D eigenvalue weighted by Crippen LogP contribution is -2.43. The van der Waals surface area contributed by atoms with E-state index in [2.05, 4.69) is 19.2 Å². The third kappa shape index (κ3) is 6.13. The molecule has 110 valence electrons. The summed E-state index contributed by atoms with van der Waals surface area (Å²) in [5.41, 5.74) is 0. The smallest absolute Gasteiger partial charge is 0.281 e. The van der Waals surface area contributed by atoms with E-state index in [0.717, 1.165) is 19.4 Å². The summed E-state index contributed by atoms with van der Waals surface area (Å²) in [4.78, 5) is 0. The molecule has 18 heavy (non-hydrogen) atoms. The van der Waals surface area contributed by atoms with Gasteiger partial charge in [-0.05, 0) is 19.4 Å². The summed E-state index contributed by atoms with van der Waals surface area (Å²) in [5, 5.41) is 3.29. The van der Waals surface area contributed by atoms with Gasteiger partial charge in [0.1, 0.15) is 0 Å². The first-order chi connectivity index (χ1) is 8.36. The van der Waals surface area contributed by atoms with Gasteiger partial charge in [-0.25, -0.2) is 0 Å². The van der Waals surface area contributed by atoms with Gasteiger partial charge >= 0.3 is 0 Å². The van der Waals surface area contributed by atoms with Crippen molar-refractivity contribution in [3.05, 3.63) is 0 Å². The zero-order valence-corrected chi connectivity index (χ0v) is 13.3. The van der Waals surface area contributed by atoms with Crippen molar-refractivity contribution in [2.75, 3.05) is 33.2 Å². The van der Waals surface area contributed by atoms with Crippen molar-refractivity contribution in [3.63, 3.8) is 0 Å². The Morgan fingerprint density at radius 2 is 1.78 bits per heavy atom. The number of nitrogens with one attached hydrogen (secondary N) is 1. The van der Waals surface area contributed by atoms with Gasteiger partial charge in [-0.1, -0.05) is 27.7 Å². The van der Waals surface area contributed by atoms with E-state index in [1.165, 1.54) is 8.61 Å². The summed E-state index contributed by atoms with van der Waals surface area (Å²) >= 11 is 0. The van der Waals surface area contributed by atoms with E-state index in [0.29, 0.717) is 25.7 Å². The summed E-state index contributed by atoms with van der Waals surface area (Å²) < 4.78 is 27.4. The van der Waals surface area contributed by atoms with E-state index < -0.39 is 10.2 Å². The fourth-order valence-corrected chi connectivity index (χ4v) is 3.18. The van der Waals surface area contributed by atoms with Crippen LogP contribution < -0.4 is 5.32 Å². The molecule has 0 unspecified atom stereocenters. The average molecular weight is 279 g/mol. The quantitative estimate of drug-likeness (QED) is 0.613. The Bertz CT molecular complexity index is 304. The van der Waals surface area contributed by atoms with Crippen LogP contribution in [-0.4, -0.2) is 56.3 Å². The first kappa shape index (κ1) is 17.8. The zero-order valence-electron chi connectivity index (χ0n) is 12.4. The van der Waals surface area contributed by atoms with Crippen molar-refractivity contribution >= 4 is 10.2 Å². The van der Waals surface area contributed by atoms with Crippen molar-refractivity contribution in [2.24, 2.45) is 0 Å². The van der Waals surface area contributed by atoms with Crippen LogP contribution in [0.15, 0.2) is 0 Å². The minimum Gasteiger partial charge on any atom is -0.314 e. The minimum absolute atomic E-state index is 0.444. The van der Waals surface area contributed by atoms with Crippen molar-refractivity contribution in [2.45, 2.75) is 46.6 Å². The maximum absolute atomic E-state index is 12.2. The van der Waals surface area contributed by atoms with Crippen LogP contribution >= 0.6 is 0 Å². The molecule has 6 heteroatoms. The Labute approximate surface area is 113 Å². The SMILES string of the molecule is CCCN(CC)S(=O)(=O)N(C)CCCNC(C)C. The van der Waals surface area contributed by atoms with Gasteiger partial charge in [0, 0.05) is 32.7 Å². The topological polar surface area (TPSA) is 52.7 Å². The number of hydrogen-bond acceptors (Lipinski definition) is 3. The molecule has 0 aliphatic carbocycles. The number of hydrogen-bond donors (Lipinski definition) is 1. The van der Waals surface area contributed by atoms with Gasteiger partial charge in [-0.3, -0.25) is 0 Å². The summed E-state index contributed by atoms with van der Waals surface area (Å²) in [6.45, 7) is 10.6. The van der Waals surface area contributed by atoms with Crippen LogP contribution in [0.1, 0.15) is 40.5 Å². The van der Waals surface area contributed by atoms with Gasteiger partial charge in [-0.15, -0.1) is 0 Å². The molecule has 0 atom stereocenters. The molecular formula is C12H29N3O2S. The molecule has 0 rings (SSSR count). The van der Waals surface area contributed by atoms with Crippen LogP contribution in [0.2, 0.25) is 0 Å². The van der Waals surface area contributed by atoms with Gasteiger partial charge in [0.25, 0.3) is 10.2 Å². The monoisotopic (exact) mass is 279 g/mol. The van der Waals surface area contributed by atoms with Crippen molar-refractivity contribution in [3.8, 4) is 0 Å². The minimum atomic E-state index is -3.28. The molecule has 5 nitrogen and oxygen atoms in total. The summed E-state index contributed by atoms with van der Waals surface area (Å²) in [6.07, 6.45) is 1.67. The van der Waals surface area contributed by atoms with Crippen molar-refractivity contribution < 1.29 is 8.42 Å². The Morgan fingerprint density at radius 3 is 2.22 bits per heavy atom. The maximum atomic E-state index is 12.2. The highest BCUT2D eigenvalue weighted by atomic mass is 32.2. The molecule has 0 heterocycles. The van der Waals surface area contributed by atoms with Crippen molar-refractivity contribution in [1.82, 2.24) is 13.9 Å². The maximum Gasteiger partial charge on any atom is 0.281 e. The largest absolute Gasteiger partial charge is 0.314 e. The normalized spacial score (nSPS) is 12.9. The van der Waals surface area contributed by atoms with Crippen LogP contribution in [0.4, 0.5) is 0 Å². The van der Waals surface area contributed by atoms with Crippen molar-refractivity contribution in [1.29, 1.82) is 0 Å². The first-order valence-electron chi connectivity index (χ1n) is 6.81. The fourth-order valence-electron chi connectivity index (χ4n) is 1.69. The first-order valence-corrected chi connectivity index (χ1v) is 8.20. The molecule has 0 amide bonds. The highest BCUT2D eigenvalue weighted by molar-refractivity contribution is 7.86. The van der Waals surface area contributed by atoms with Gasteiger partial charge in [0.2, 0.25) is 0 Å². The van der Waals surface area contributed by atoms with Gasteiger partial charge in [-0.2, -0.15) is 17.0 Å². The molecule has 0 fully saturated rings. The second kappa shape index (κ2) is 8.85. The van der Waals surface area contributed by atoms with E-state index in [4.69, 9.17) is 0 Å². The van der Waals surface area contributed by atoms with Gasteiger partial charge < -0.3 is 5.32 Å². The Kier molecular flexibility index (Phi) is 8.77. The number of rotatable bonds is 10. The predicted octanol–water partition coefficient (Wildman–Crippen LogP) is 1.28. The highest BCUT2D eigenvalue weighted by Gasteiger charge is 2.24. The van der Waals surface area contributed by atoms with Crippen LogP contribution in [0, 0.1) is 0 Å². The Hall–Kier alpha value is -0.170. The zero-order chi connectivity index (χ0) is 14.2. The van der Waals surface area contributed by atoms with Crippen LogP contribution in [-0.2, 0) is 10.2 Å². The third-order valence-corrected chi connectivity index (χ3v) is 4.81. The third-order valence-electron chi connectivity index (χ3n) is 2.75. The summed E-state index contributed by atoms with van der Waals surface area (Å²) in [5.74, 6) is 0. The molecule has 0 radical (unpaired) electrons. The fraction of sp³-hybridized carbons (Fsp3) is 1.00. The van der Waals surface area contributed by atoms with Crippen LogP contribution in [0.3, 0.4) is 0 Å². The molecule has 0 aromatic heterocycles. The van der Waals surface area contributed by atoms with E-state index in [-0.39, 0.29) is 0 Å². The molecular weight excluding hydrogens is 250 g/mol. The molecule has 1 N–H and O–H groups in total. The lowest BCUT2D eigenvalue weighted by atomic mass is 10.3. The molecule has 0 aliphatic heterocycles. The molecule has 0 bridgehead atoms.